The van der Waals surface area contributed by atoms with Gasteiger partial charge in [-0.25, -0.2) is 8.42 Å². The van der Waals surface area contributed by atoms with Crippen LogP contribution >= 0.6 is 11.6 Å². The van der Waals surface area contributed by atoms with Crippen molar-refractivity contribution in [2.24, 2.45) is 17.9 Å². The summed E-state index contributed by atoms with van der Waals surface area (Å²) in [7, 11) is -2.36. The highest BCUT2D eigenvalue weighted by Crippen LogP contribution is 2.21. The first-order valence-corrected chi connectivity index (χ1v) is 7.49. The molecule has 0 aliphatic heterocycles. The molecule has 0 fully saturated rings. The van der Waals surface area contributed by atoms with E-state index >= 15 is 0 Å². The average Bonchev–Trinajstić information content (AvgIpc) is 2.79. The second-order valence-electron chi connectivity index (χ2n) is 4.08. The third-order valence-electron chi connectivity index (χ3n) is 2.66. The van der Waals surface area contributed by atoms with Gasteiger partial charge in [-0.1, -0.05) is 22.8 Å². The smallest absolute Gasteiger partial charge is 0.263 e. The van der Waals surface area contributed by atoms with E-state index in [1.54, 1.807) is 6.07 Å². The molecule has 0 amide bonds. The molecule has 0 aliphatic rings. The Morgan fingerprint density at radius 3 is 2.86 bits per heavy atom. The number of nitrogens with zero attached hydrogens (tertiary/aromatic N) is 3. The summed E-state index contributed by atoms with van der Waals surface area (Å²) in [5, 5.41) is 15.7. The van der Waals surface area contributed by atoms with E-state index < -0.39 is 10.0 Å². The van der Waals surface area contributed by atoms with Crippen LogP contribution in [0.2, 0.25) is 5.02 Å². The molecule has 0 saturated heterocycles. The van der Waals surface area contributed by atoms with E-state index in [1.807, 2.05) is 0 Å². The highest BCUT2D eigenvalue weighted by molar-refractivity contribution is 7.92. The van der Waals surface area contributed by atoms with Crippen molar-refractivity contribution < 1.29 is 13.6 Å². The van der Waals surface area contributed by atoms with Gasteiger partial charge in [0.25, 0.3) is 10.0 Å². The molecule has 112 valence electrons. The minimum absolute atomic E-state index is 0.0124. The predicted octanol–water partition coefficient (Wildman–Crippen LogP) is 0.969. The first-order valence-electron chi connectivity index (χ1n) is 5.63. The van der Waals surface area contributed by atoms with E-state index in [2.05, 4.69) is 15.0 Å². The van der Waals surface area contributed by atoms with Crippen LogP contribution in [0.25, 0.3) is 0 Å². The maximum Gasteiger partial charge on any atom is 0.263 e. The van der Waals surface area contributed by atoms with Gasteiger partial charge in [0.05, 0.1) is 16.7 Å². The van der Waals surface area contributed by atoms with Gasteiger partial charge in [-0.2, -0.15) is 5.10 Å². The van der Waals surface area contributed by atoms with Gasteiger partial charge in [-0.05, 0) is 18.2 Å². The third-order valence-corrected chi connectivity index (χ3v) is 4.23. The van der Waals surface area contributed by atoms with Crippen LogP contribution in [0, 0.1) is 0 Å². The zero-order chi connectivity index (χ0) is 15.6. The van der Waals surface area contributed by atoms with Crippen LogP contribution in [0.4, 0.5) is 5.82 Å². The topological polar surface area (TPSA) is 123 Å². The van der Waals surface area contributed by atoms with Crippen molar-refractivity contribution in [2.45, 2.75) is 4.90 Å². The number of amidine groups is 1. The van der Waals surface area contributed by atoms with Crippen LogP contribution in [0.15, 0.2) is 40.5 Å². The molecule has 0 atom stereocenters. The second kappa shape index (κ2) is 5.62. The lowest BCUT2D eigenvalue weighted by Gasteiger charge is -2.10. The van der Waals surface area contributed by atoms with E-state index in [4.69, 9.17) is 22.5 Å². The number of sulfonamides is 1. The summed E-state index contributed by atoms with van der Waals surface area (Å²) in [4.78, 5) is -0.0124. The summed E-state index contributed by atoms with van der Waals surface area (Å²) in [6.07, 6.45) is 1.28. The Morgan fingerprint density at radius 2 is 2.24 bits per heavy atom. The lowest BCUT2D eigenvalue weighted by Crippen LogP contribution is -2.20. The number of aromatic nitrogens is 2. The summed E-state index contributed by atoms with van der Waals surface area (Å²) in [5.74, 6) is -0.183. The van der Waals surface area contributed by atoms with E-state index in [0.717, 1.165) is 0 Å². The van der Waals surface area contributed by atoms with Crippen LogP contribution in [0.5, 0.6) is 0 Å². The molecule has 0 aliphatic carbocycles. The summed E-state index contributed by atoms with van der Waals surface area (Å²) >= 11 is 5.79. The molecule has 0 spiro atoms. The van der Waals surface area contributed by atoms with Crippen LogP contribution in [-0.2, 0) is 17.1 Å². The molecule has 0 radical (unpaired) electrons. The van der Waals surface area contributed by atoms with Gasteiger partial charge < -0.3 is 10.9 Å². The molecule has 2 aromatic rings. The van der Waals surface area contributed by atoms with Crippen molar-refractivity contribution in [3.05, 3.63) is 41.0 Å². The second-order valence-corrected chi connectivity index (χ2v) is 6.20. The fourth-order valence-electron chi connectivity index (χ4n) is 1.62. The summed E-state index contributed by atoms with van der Waals surface area (Å²) in [6.45, 7) is 0. The third kappa shape index (κ3) is 3.09. The highest BCUT2D eigenvalue weighted by atomic mass is 35.5. The molecule has 0 bridgehead atoms. The number of nitrogens with two attached hydrogens (primary N) is 1. The molecule has 1 aromatic heterocycles. The van der Waals surface area contributed by atoms with Gasteiger partial charge in [0.15, 0.2) is 5.84 Å². The Bertz CT molecular complexity index is 800. The van der Waals surface area contributed by atoms with Crippen LogP contribution in [0.1, 0.15) is 5.56 Å². The van der Waals surface area contributed by atoms with E-state index in [1.165, 1.54) is 36.1 Å². The van der Waals surface area contributed by atoms with E-state index in [0.29, 0.717) is 5.02 Å². The van der Waals surface area contributed by atoms with Gasteiger partial charge in [0.1, 0.15) is 5.82 Å². The number of hydrogen-bond acceptors (Lipinski definition) is 5. The van der Waals surface area contributed by atoms with Crippen molar-refractivity contribution in [1.29, 1.82) is 0 Å². The van der Waals surface area contributed by atoms with Crippen molar-refractivity contribution in [3.8, 4) is 0 Å². The Kier molecular flexibility index (Phi) is 4.05. The van der Waals surface area contributed by atoms with Crippen molar-refractivity contribution in [1.82, 2.24) is 9.78 Å². The Hall–Kier alpha value is -2.26. The molecule has 0 unspecified atom stereocenters. The quantitative estimate of drug-likeness (QED) is 0.334. The normalized spacial score (nSPS) is 12.4. The number of oxime groups is 1. The van der Waals surface area contributed by atoms with Crippen LogP contribution in [0.3, 0.4) is 0 Å². The van der Waals surface area contributed by atoms with E-state index in [-0.39, 0.29) is 22.1 Å². The zero-order valence-corrected chi connectivity index (χ0v) is 12.4. The van der Waals surface area contributed by atoms with Crippen molar-refractivity contribution >= 4 is 33.3 Å². The first kappa shape index (κ1) is 15.1. The zero-order valence-electron chi connectivity index (χ0n) is 10.9. The van der Waals surface area contributed by atoms with Crippen molar-refractivity contribution in [3.63, 3.8) is 0 Å². The van der Waals surface area contributed by atoms with E-state index in [9.17, 15) is 8.42 Å². The number of rotatable bonds is 4. The monoisotopic (exact) mass is 329 g/mol. The molecule has 21 heavy (non-hydrogen) atoms. The summed E-state index contributed by atoms with van der Waals surface area (Å²) in [5.41, 5.74) is 5.64. The van der Waals surface area contributed by atoms with Gasteiger partial charge in [-0.3, -0.25) is 9.40 Å². The van der Waals surface area contributed by atoms with Crippen LogP contribution in [-0.4, -0.2) is 29.2 Å². The number of hydrogen-bond donors (Lipinski definition) is 3. The molecule has 2 rings (SSSR count). The molecule has 1 aromatic carbocycles. The summed E-state index contributed by atoms with van der Waals surface area (Å²) < 4.78 is 28.2. The largest absolute Gasteiger partial charge is 0.409 e. The number of anilines is 1. The van der Waals surface area contributed by atoms with Gasteiger partial charge in [0.2, 0.25) is 0 Å². The van der Waals surface area contributed by atoms with Gasteiger partial charge in [0, 0.05) is 12.1 Å². The molecular weight excluding hydrogens is 318 g/mol. The van der Waals surface area contributed by atoms with Gasteiger partial charge >= 0.3 is 0 Å². The average molecular weight is 330 g/mol. The van der Waals surface area contributed by atoms with Crippen molar-refractivity contribution in [2.75, 3.05) is 4.72 Å². The molecule has 4 N–H and O–H groups in total. The number of halogens is 1. The van der Waals surface area contributed by atoms with Crippen LogP contribution < -0.4 is 10.5 Å². The molecule has 10 heteroatoms. The molecule has 0 saturated carbocycles. The molecule has 1 heterocycles. The fraction of sp³-hybridized carbons (Fsp3) is 0.0909. The SMILES string of the molecule is Cn1ncc(C(N)=NO)c1NS(=O)(=O)c1cccc(Cl)c1. The minimum atomic E-state index is -3.88. The fourth-order valence-corrected chi connectivity index (χ4v) is 3.03. The number of nitrogens with one attached hydrogen (secondary N) is 1. The highest BCUT2D eigenvalue weighted by Gasteiger charge is 2.20. The number of benzene rings is 1. The molecular formula is C11H12ClN5O3S. The number of aryl methyl sites for hydroxylation is 1. The maximum absolute atomic E-state index is 12.3. The lowest BCUT2D eigenvalue weighted by atomic mass is 10.3. The standard InChI is InChI=1S/C11H12ClN5O3S/c1-17-11(9(6-14-17)10(13)15-18)16-21(19,20)8-4-2-3-7(12)5-8/h2-6,16,18H,1H3,(H2,13,15). The lowest BCUT2D eigenvalue weighted by molar-refractivity contribution is 0.318. The first-order chi connectivity index (χ1) is 9.85. The maximum atomic E-state index is 12.3. The molecule has 8 nitrogen and oxygen atoms in total. The van der Waals surface area contributed by atoms with Gasteiger partial charge in [-0.15, -0.1) is 0 Å². The predicted molar refractivity (Wildman–Crippen MR) is 78.0 cm³/mol. The Morgan fingerprint density at radius 1 is 1.52 bits per heavy atom. The summed E-state index contributed by atoms with van der Waals surface area (Å²) in [6, 6.07) is 5.79. The Labute approximate surface area is 125 Å². The Balaban J connectivity index is 2.45. The minimum Gasteiger partial charge on any atom is -0.409 e.